The molecule has 1 aromatic heterocycles. The average molecular weight is 635 g/mol. The Morgan fingerprint density at radius 2 is 1.73 bits per heavy atom. The van der Waals surface area contributed by atoms with Crippen molar-refractivity contribution < 1.29 is 9.13 Å². The molecule has 0 bridgehead atoms. The van der Waals surface area contributed by atoms with E-state index in [1.54, 1.807) is 13.0 Å². The van der Waals surface area contributed by atoms with E-state index < -0.39 is 6.89 Å². The summed E-state index contributed by atoms with van der Waals surface area (Å²) in [7, 11) is 0. The van der Waals surface area contributed by atoms with Crippen LogP contribution >= 0.6 is 6.89 Å². The SMILES string of the molecule is C=P(C)(CC)c1cc(CCNC(=CC)c2ccc(OCCC)c(C)c2)nc(-c2ccc(C)c(F)c2)c1C.CC.CCCC1CC1. The van der Waals surface area contributed by atoms with Crippen LogP contribution in [-0.2, 0) is 6.42 Å². The summed E-state index contributed by atoms with van der Waals surface area (Å²) < 4.78 is 20.3. The zero-order chi connectivity index (χ0) is 33.6. The van der Waals surface area contributed by atoms with Gasteiger partial charge in [-0.1, -0.05) is 91.7 Å². The van der Waals surface area contributed by atoms with Gasteiger partial charge in [-0.2, -0.15) is 0 Å². The molecule has 1 aliphatic rings. The molecule has 1 N–H and O–H groups in total. The number of benzene rings is 2. The molecule has 248 valence electrons. The number of aromatic nitrogens is 1. The Labute approximate surface area is 275 Å². The first-order valence-corrected chi connectivity index (χ1v) is 19.8. The van der Waals surface area contributed by atoms with E-state index in [2.05, 4.69) is 83.2 Å². The van der Waals surface area contributed by atoms with Crippen LogP contribution in [0.3, 0.4) is 0 Å². The molecule has 3 aromatic rings. The van der Waals surface area contributed by atoms with Crippen LogP contribution in [0.4, 0.5) is 4.39 Å². The van der Waals surface area contributed by atoms with Crippen molar-refractivity contribution in [1.29, 1.82) is 0 Å². The molecule has 1 atom stereocenters. The number of ether oxygens (including phenoxy) is 1. The van der Waals surface area contributed by atoms with Gasteiger partial charge in [-0.25, -0.2) is 4.39 Å². The Bertz CT molecular complexity index is 1440. The number of nitrogens with zero attached hydrogens (tertiary/aromatic N) is 1. The van der Waals surface area contributed by atoms with Gasteiger partial charge in [0.2, 0.25) is 0 Å². The van der Waals surface area contributed by atoms with Crippen LogP contribution in [0, 0.1) is 32.5 Å². The number of pyridine rings is 1. The van der Waals surface area contributed by atoms with Crippen LogP contribution in [0.1, 0.15) is 102 Å². The zero-order valence-electron chi connectivity index (χ0n) is 29.9. The smallest absolute Gasteiger partial charge is 0.126 e. The Kier molecular flexibility index (Phi) is 16.2. The highest BCUT2D eigenvalue weighted by atomic mass is 31.2. The van der Waals surface area contributed by atoms with Crippen molar-refractivity contribution in [2.45, 2.75) is 101 Å². The molecule has 1 saturated carbocycles. The quantitative estimate of drug-likeness (QED) is 0.190. The third kappa shape index (κ3) is 11.5. The molecule has 0 saturated heterocycles. The van der Waals surface area contributed by atoms with Gasteiger partial charge in [-0.05, 0) is 111 Å². The van der Waals surface area contributed by atoms with Crippen molar-refractivity contribution in [2.75, 3.05) is 26.0 Å². The zero-order valence-corrected chi connectivity index (χ0v) is 30.8. The van der Waals surface area contributed by atoms with Crippen molar-refractivity contribution >= 4 is 24.2 Å². The summed E-state index contributed by atoms with van der Waals surface area (Å²) in [6.07, 6.45) is 15.4. The van der Waals surface area contributed by atoms with E-state index in [1.807, 2.05) is 32.9 Å². The van der Waals surface area contributed by atoms with Gasteiger partial charge in [0.25, 0.3) is 0 Å². The molecule has 1 unspecified atom stereocenters. The normalized spacial score (nSPS) is 14.0. The number of rotatable bonds is 13. The molecule has 2 aromatic carbocycles. The molecule has 0 amide bonds. The predicted molar refractivity (Wildman–Crippen MR) is 201 cm³/mol. The number of halogens is 1. The van der Waals surface area contributed by atoms with Crippen LogP contribution < -0.4 is 15.4 Å². The molecule has 4 rings (SSSR count). The minimum atomic E-state index is -1.56. The monoisotopic (exact) mass is 634 g/mol. The Hall–Kier alpha value is -2.84. The first kappa shape index (κ1) is 38.3. The molecule has 5 heteroatoms. The minimum absolute atomic E-state index is 0.200. The Morgan fingerprint density at radius 3 is 2.27 bits per heavy atom. The lowest BCUT2D eigenvalue weighted by molar-refractivity contribution is 0.315. The second-order valence-electron chi connectivity index (χ2n) is 12.2. The van der Waals surface area contributed by atoms with Gasteiger partial charge in [0, 0.05) is 29.9 Å². The second kappa shape index (κ2) is 19.0. The van der Waals surface area contributed by atoms with E-state index in [1.165, 1.54) is 31.0 Å². The highest BCUT2D eigenvalue weighted by Crippen LogP contribution is 2.41. The van der Waals surface area contributed by atoms with Gasteiger partial charge in [0.05, 0.1) is 12.3 Å². The maximum absolute atomic E-state index is 14.4. The molecule has 0 spiro atoms. The van der Waals surface area contributed by atoms with E-state index in [9.17, 15) is 4.39 Å². The Balaban J connectivity index is 0.000000775. The fourth-order valence-electron chi connectivity index (χ4n) is 5.23. The lowest BCUT2D eigenvalue weighted by Crippen LogP contribution is -2.19. The van der Waals surface area contributed by atoms with Crippen molar-refractivity contribution in [3.63, 3.8) is 0 Å². The van der Waals surface area contributed by atoms with Gasteiger partial charge in [-0.3, -0.25) is 4.98 Å². The summed E-state index contributed by atoms with van der Waals surface area (Å²) >= 11 is 0. The summed E-state index contributed by atoms with van der Waals surface area (Å²) in [6, 6.07) is 14.0. The highest BCUT2D eigenvalue weighted by Gasteiger charge is 2.19. The summed E-state index contributed by atoms with van der Waals surface area (Å²) in [5.74, 6) is 1.89. The van der Waals surface area contributed by atoms with E-state index in [4.69, 9.17) is 9.72 Å². The van der Waals surface area contributed by atoms with Gasteiger partial charge in [0.1, 0.15) is 11.6 Å². The van der Waals surface area contributed by atoms with E-state index in [-0.39, 0.29) is 5.82 Å². The van der Waals surface area contributed by atoms with Crippen molar-refractivity contribution in [2.24, 2.45) is 5.92 Å². The fourth-order valence-corrected chi connectivity index (χ4v) is 6.95. The summed E-state index contributed by atoms with van der Waals surface area (Å²) in [4.78, 5) is 5.02. The number of allylic oxidation sites excluding steroid dienone is 1. The minimum Gasteiger partial charge on any atom is -0.493 e. The summed E-state index contributed by atoms with van der Waals surface area (Å²) in [6.45, 7) is 20.8. The summed E-state index contributed by atoms with van der Waals surface area (Å²) in [5.41, 5.74) is 7.79. The van der Waals surface area contributed by atoms with Crippen LogP contribution in [0.2, 0.25) is 0 Å². The molecular formula is C40H60FN2OP. The standard InChI is InChI=1S/C32H42FN2OP.C6H12.C2H6/c1-9-18-36-30-15-14-25(19-23(30)5)29(10-2)34-17-16-27-21-31(37(7,8)11-3)24(6)32(35-27)26-13-12-22(4)28(33)20-26;1-2-3-6-4-5-6;1-2/h10,12-15,19-21,34H,7,9,11,16-18H2,1-6,8H3;6H,2-5H2,1H3;1-2H3. The number of nitrogens with one attached hydrogen (secondary N) is 1. The van der Waals surface area contributed by atoms with Gasteiger partial charge < -0.3 is 10.1 Å². The largest absolute Gasteiger partial charge is 0.493 e. The molecule has 0 aliphatic heterocycles. The number of hydrogen-bond acceptors (Lipinski definition) is 3. The van der Waals surface area contributed by atoms with Gasteiger partial charge in [-0.15, -0.1) is 0 Å². The van der Waals surface area contributed by atoms with E-state index >= 15 is 0 Å². The molecule has 0 radical (unpaired) electrons. The van der Waals surface area contributed by atoms with Crippen molar-refractivity contribution in [1.82, 2.24) is 10.3 Å². The van der Waals surface area contributed by atoms with Crippen molar-refractivity contribution in [3.05, 3.63) is 82.3 Å². The first-order valence-electron chi connectivity index (χ1n) is 17.2. The third-order valence-corrected chi connectivity index (χ3v) is 11.4. The van der Waals surface area contributed by atoms with E-state index in [0.29, 0.717) is 5.56 Å². The maximum Gasteiger partial charge on any atom is 0.126 e. The van der Waals surface area contributed by atoms with Crippen LogP contribution in [0.25, 0.3) is 17.0 Å². The molecule has 45 heavy (non-hydrogen) atoms. The highest BCUT2D eigenvalue weighted by molar-refractivity contribution is 7.80. The average Bonchev–Trinajstić information content (AvgIpc) is 3.86. The first-order chi connectivity index (χ1) is 21.5. The van der Waals surface area contributed by atoms with Crippen molar-refractivity contribution in [3.8, 4) is 17.0 Å². The number of aryl methyl sites for hydroxylation is 2. The third-order valence-electron chi connectivity index (χ3n) is 8.35. The van der Waals surface area contributed by atoms with Gasteiger partial charge >= 0.3 is 0 Å². The maximum atomic E-state index is 14.4. The van der Waals surface area contributed by atoms with Crippen LogP contribution in [0.5, 0.6) is 5.75 Å². The van der Waals surface area contributed by atoms with Gasteiger partial charge in [0.15, 0.2) is 0 Å². The molecule has 1 heterocycles. The molecule has 1 fully saturated rings. The Morgan fingerprint density at radius 1 is 1.02 bits per heavy atom. The fraction of sp³-hybridized carbons (Fsp3) is 0.500. The lowest BCUT2D eigenvalue weighted by Gasteiger charge is -2.23. The lowest BCUT2D eigenvalue weighted by atomic mass is 10.0. The predicted octanol–water partition coefficient (Wildman–Crippen LogP) is 10.7. The van der Waals surface area contributed by atoms with E-state index in [0.717, 1.165) is 83.2 Å². The van der Waals surface area contributed by atoms with Crippen LogP contribution in [-0.4, -0.2) is 37.3 Å². The topological polar surface area (TPSA) is 34.1 Å². The molecule has 3 nitrogen and oxygen atoms in total. The molecule has 1 aliphatic carbocycles. The van der Waals surface area contributed by atoms with Crippen LogP contribution in [0.15, 0.2) is 48.5 Å². The number of hydrogen-bond donors (Lipinski definition) is 1. The molecular weight excluding hydrogens is 574 g/mol. The second-order valence-corrected chi connectivity index (χ2v) is 16.1. The summed E-state index contributed by atoms with van der Waals surface area (Å²) in [5, 5.41) is 4.88.